The van der Waals surface area contributed by atoms with Crippen LogP contribution in [0.3, 0.4) is 0 Å². The minimum absolute atomic E-state index is 0.105. The van der Waals surface area contributed by atoms with E-state index >= 15 is 0 Å². The van der Waals surface area contributed by atoms with Crippen molar-refractivity contribution in [2.24, 2.45) is 0 Å². The van der Waals surface area contributed by atoms with Crippen molar-refractivity contribution in [2.45, 2.75) is 38.6 Å². The Hall–Kier alpha value is -1.65. The summed E-state index contributed by atoms with van der Waals surface area (Å²) in [6, 6.07) is 8.72. The second-order valence-corrected chi connectivity index (χ2v) is 5.10. The number of hydrogen-bond acceptors (Lipinski definition) is 3. The van der Waals surface area contributed by atoms with Gasteiger partial charge in [-0.25, -0.2) is 4.98 Å². The largest absolute Gasteiger partial charge is 0.392 e. The molecule has 0 unspecified atom stereocenters. The molecule has 4 nitrogen and oxygen atoms in total. The van der Waals surface area contributed by atoms with Crippen molar-refractivity contribution in [2.75, 3.05) is 0 Å². The van der Waals surface area contributed by atoms with Crippen LogP contribution in [0.4, 0.5) is 0 Å². The van der Waals surface area contributed by atoms with Gasteiger partial charge in [-0.2, -0.15) is 0 Å². The van der Waals surface area contributed by atoms with Crippen LogP contribution in [0.2, 0.25) is 0 Å². The van der Waals surface area contributed by atoms with E-state index in [1.54, 1.807) is 0 Å². The Morgan fingerprint density at radius 3 is 2.58 bits per heavy atom. The quantitative estimate of drug-likeness (QED) is 0.832. The van der Waals surface area contributed by atoms with Crippen LogP contribution >= 0.6 is 0 Å². The molecule has 0 bridgehead atoms. The average molecular weight is 257 g/mol. The molecule has 1 aromatic carbocycles. The molecule has 3 rings (SSSR count). The topological polar surface area (TPSA) is 50.1 Å². The Bertz CT molecular complexity index is 529. The van der Waals surface area contributed by atoms with Crippen LogP contribution in [-0.2, 0) is 19.7 Å². The van der Waals surface area contributed by atoms with E-state index in [4.69, 9.17) is 5.11 Å². The SMILES string of the molecule is OCc1ccc(CNCc2cncn2C2CC2)cc1. The highest BCUT2D eigenvalue weighted by molar-refractivity contribution is 5.21. The van der Waals surface area contributed by atoms with E-state index < -0.39 is 0 Å². The molecular weight excluding hydrogens is 238 g/mol. The Balaban J connectivity index is 1.53. The van der Waals surface area contributed by atoms with Crippen molar-refractivity contribution in [3.05, 3.63) is 53.6 Å². The molecule has 0 radical (unpaired) electrons. The Morgan fingerprint density at radius 2 is 1.89 bits per heavy atom. The summed E-state index contributed by atoms with van der Waals surface area (Å²) in [4.78, 5) is 4.23. The second kappa shape index (κ2) is 5.55. The summed E-state index contributed by atoms with van der Waals surface area (Å²) in [6.07, 6.45) is 6.45. The second-order valence-electron chi connectivity index (χ2n) is 5.10. The monoisotopic (exact) mass is 257 g/mol. The summed E-state index contributed by atoms with van der Waals surface area (Å²) in [5, 5.41) is 12.4. The highest BCUT2D eigenvalue weighted by Gasteiger charge is 2.24. The highest BCUT2D eigenvalue weighted by atomic mass is 16.3. The lowest BCUT2D eigenvalue weighted by atomic mass is 10.1. The molecule has 0 atom stereocenters. The molecule has 2 aromatic rings. The third-order valence-corrected chi connectivity index (χ3v) is 3.53. The molecule has 1 saturated carbocycles. The molecule has 19 heavy (non-hydrogen) atoms. The van der Waals surface area contributed by atoms with Gasteiger partial charge >= 0.3 is 0 Å². The van der Waals surface area contributed by atoms with Gasteiger partial charge in [0.1, 0.15) is 0 Å². The first kappa shape index (κ1) is 12.4. The molecule has 1 aliphatic rings. The standard InChI is InChI=1S/C15H19N3O/c19-10-13-3-1-12(2-4-13)7-16-8-15-9-17-11-18(15)14-5-6-14/h1-4,9,11,14,16,19H,5-8,10H2. The van der Waals surface area contributed by atoms with Crippen LogP contribution in [0.25, 0.3) is 0 Å². The Labute approximate surface area is 113 Å². The van der Waals surface area contributed by atoms with Gasteiger partial charge in [-0.3, -0.25) is 0 Å². The molecule has 1 aliphatic carbocycles. The van der Waals surface area contributed by atoms with Gasteiger partial charge < -0.3 is 15.0 Å². The average Bonchev–Trinajstić information content (AvgIpc) is 3.19. The summed E-state index contributed by atoms with van der Waals surface area (Å²) in [5.41, 5.74) is 3.44. The molecule has 2 N–H and O–H groups in total. The first-order valence-corrected chi connectivity index (χ1v) is 6.77. The van der Waals surface area contributed by atoms with Crippen molar-refractivity contribution in [1.29, 1.82) is 0 Å². The van der Waals surface area contributed by atoms with Gasteiger partial charge in [0.05, 0.1) is 18.6 Å². The lowest BCUT2D eigenvalue weighted by molar-refractivity contribution is 0.282. The molecule has 0 saturated heterocycles. The summed E-state index contributed by atoms with van der Waals surface area (Å²) < 4.78 is 2.28. The van der Waals surface area contributed by atoms with Gasteiger partial charge in [0, 0.05) is 25.3 Å². The van der Waals surface area contributed by atoms with Crippen molar-refractivity contribution in [3.63, 3.8) is 0 Å². The number of aromatic nitrogens is 2. The molecule has 0 aliphatic heterocycles. The maximum absolute atomic E-state index is 8.99. The van der Waals surface area contributed by atoms with Gasteiger partial charge in [-0.1, -0.05) is 24.3 Å². The zero-order valence-corrected chi connectivity index (χ0v) is 10.9. The normalized spacial score (nSPS) is 14.8. The van der Waals surface area contributed by atoms with E-state index in [-0.39, 0.29) is 6.61 Å². The summed E-state index contributed by atoms with van der Waals surface area (Å²) in [6.45, 7) is 1.79. The first-order valence-electron chi connectivity index (χ1n) is 6.77. The van der Waals surface area contributed by atoms with E-state index in [1.807, 2.05) is 24.7 Å². The maximum atomic E-state index is 8.99. The Morgan fingerprint density at radius 1 is 1.16 bits per heavy atom. The number of hydrogen-bond donors (Lipinski definition) is 2. The van der Waals surface area contributed by atoms with E-state index in [0.717, 1.165) is 18.7 Å². The zero-order valence-electron chi connectivity index (χ0n) is 10.9. The van der Waals surface area contributed by atoms with Gasteiger partial charge in [-0.05, 0) is 24.0 Å². The van der Waals surface area contributed by atoms with Crippen molar-refractivity contribution in [1.82, 2.24) is 14.9 Å². The molecule has 4 heteroatoms. The van der Waals surface area contributed by atoms with E-state index in [9.17, 15) is 0 Å². The fourth-order valence-electron chi connectivity index (χ4n) is 2.25. The van der Waals surface area contributed by atoms with Crippen LogP contribution < -0.4 is 5.32 Å². The van der Waals surface area contributed by atoms with Crippen LogP contribution in [0.15, 0.2) is 36.8 Å². The van der Waals surface area contributed by atoms with Crippen LogP contribution in [0.1, 0.15) is 35.7 Å². The smallest absolute Gasteiger partial charge is 0.0951 e. The van der Waals surface area contributed by atoms with Crippen molar-refractivity contribution >= 4 is 0 Å². The van der Waals surface area contributed by atoms with Crippen molar-refractivity contribution in [3.8, 4) is 0 Å². The minimum atomic E-state index is 0.105. The lowest BCUT2D eigenvalue weighted by Gasteiger charge is -2.08. The Kier molecular flexibility index (Phi) is 3.62. The predicted molar refractivity (Wildman–Crippen MR) is 73.4 cm³/mol. The van der Waals surface area contributed by atoms with E-state index in [2.05, 4.69) is 27.0 Å². The number of aliphatic hydroxyl groups is 1. The first-order chi connectivity index (χ1) is 9.36. The summed E-state index contributed by atoms with van der Waals surface area (Å²) in [7, 11) is 0. The van der Waals surface area contributed by atoms with Gasteiger partial charge in [0.25, 0.3) is 0 Å². The number of aliphatic hydroxyl groups excluding tert-OH is 1. The van der Waals surface area contributed by atoms with Crippen LogP contribution in [-0.4, -0.2) is 14.7 Å². The van der Waals surface area contributed by atoms with Gasteiger partial charge in [0.2, 0.25) is 0 Å². The zero-order chi connectivity index (χ0) is 13.1. The molecular formula is C15H19N3O. The molecule has 1 aromatic heterocycles. The van der Waals surface area contributed by atoms with Crippen LogP contribution in [0.5, 0.6) is 0 Å². The number of imidazole rings is 1. The molecule has 1 heterocycles. The van der Waals surface area contributed by atoms with Gasteiger partial charge in [-0.15, -0.1) is 0 Å². The fourth-order valence-corrected chi connectivity index (χ4v) is 2.25. The van der Waals surface area contributed by atoms with E-state index in [1.165, 1.54) is 24.1 Å². The third-order valence-electron chi connectivity index (χ3n) is 3.53. The molecule has 100 valence electrons. The van der Waals surface area contributed by atoms with Crippen LogP contribution in [0, 0.1) is 0 Å². The number of benzene rings is 1. The molecule has 0 spiro atoms. The fraction of sp³-hybridized carbons (Fsp3) is 0.400. The minimum Gasteiger partial charge on any atom is -0.392 e. The number of nitrogens with zero attached hydrogens (tertiary/aromatic N) is 2. The van der Waals surface area contributed by atoms with Gasteiger partial charge in [0.15, 0.2) is 0 Å². The summed E-state index contributed by atoms with van der Waals surface area (Å²) >= 11 is 0. The molecule has 0 amide bonds. The third kappa shape index (κ3) is 3.03. The maximum Gasteiger partial charge on any atom is 0.0951 e. The van der Waals surface area contributed by atoms with Crippen molar-refractivity contribution < 1.29 is 5.11 Å². The predicted octanol–water partition coefficient (Wildman–Crippen LogP) is 2.00. The molecule has 1 fully saturated rings. The lowest BCUT2D eigenvalue weighted by Crippen LogP contribution is -2.15. The van der Waals surface area contributed by atoms with E-state index in [0.29, 0.717) is 6.04 Å². The number of nitrogens with one attached hydrogen (secondary N) is 1. The summed E-state index contributed by atoms with van der Waals surface area (Å²) in [5.74, 6) is 0. The highest BCUT2D eigenvalue weighted by Crippen LogP contribution is 2.35. The number of rotatable bonds is 6.